The summed E-state index contributed by atoms with van der Waals surface area (Å²) in [5, 5.41) is 3.15. The van der Waals surface area contributed by atoms with Crippen LogP contribution in [-0.2, 0) is 9.84 Å². The summed E-state index contributed by atoms with van der Waals surface area (Å²) in [4.78, 5) is 0.307. The third-order valence-electron chi connectivity index (χ3n) is 2.95. The summed E-state index contributed by atoms with van der Waals surface area (Å²) in [5.41, 5.74) is 2.74. The van der Waals surface area contributed by atoms with Gasteiger partial charge in [-0.25, -0.2) is 8.42 Å². The molecule has 0 aliphatic heterocycles. The van der Waals surface area contributed by atoms with E-state index in [1.54, 1.807) is 24.3 Å². The molecule has 0 radical (unpaired) electrons. The second-order valence-electron chi connectivity index (χ2n) is 4.62. The Bertz CT molecular complexity index is 694. The van der Waals surface area contributed by atoms with E-state index in [1.807, 2.05) is 31.2 Å². The van der Waals surface area contributed by atoms with Crippen LogP contribution in [0.5, 0.6) is 0 Å². The summed E-state index contributed by atoms with van der Waals surface area (Å²) >= 11 is 6.14. The number of rotatable bonds is 4. The number of benzene rings is 2. The van der Waals surface area contributed by atoms with Gasteiger partial charge >= 0.3 is 0 Å². The molecule has 0 aliphatic carbocycles. The maximum absolute atomic E-state index is 11.4. The molecule has 1 N–H and O–H groups in total. The van der Waals surface area contributed by atoms with Crippen LogP contribution in [0.4, 0.5) is 11.4 Å². The summed E-state index contributed by atoms with van der Waals surface area (Å²) in [6.45, 7) is 1.91. The van der Waals surface area contributed by atoms with Crippen LogP contribution in [0.15, 0.2) is 53.4 Å². The van der Waals surface area contributed by atoms with Crippen molar-refractivity contribution in [1.82, 2.24) is 0 Å². The van der Waals surface area contributed by atoms with E-state index < -0.39 is 9.84 Å². The molecule has 0 saturated heterocycles. The fraction of sp³-hybridized carbons (Fsp3) is 0.200. The zero-order chi connectivity index (χ0) is 14.8. The van der Waals surface area contributed by atoms with Crippen molar-refractivity contribution in [3.05, 3.63) is 54.1 Å². The van der Waals surface area contributed by atoms with Crippen LogP contribution >= 0.6 is 11.6 Å². The molecular weight excluding hydrogens is 294 g/mol. The van der Waals surface area contributed by atoms with Crippen LogP contribution in [0.2, 0.25) is 0 Å². The maximum atomic E-state index is 11.4. The second-order valence-corrected chi connectivity index (χ2v) is 7.30. The van der Waals surface area contributed by atoms with Gasteiger partial charge in [0.25, 0.3) is 0 Å². The first kappa shape index (κ1) is 14.9. The van der Waals surface area contributed by atoms with Gasteiger partial charge in [-0.2, -0.15) is 0 Å². The van der Waals surface area contributed by atoms with Gasteiger partial charge in [-0.1, -0.05) is 18.2 Å². The molecule has 3 nitrogen and oxygen atoms in total. The fourth-order valence-electron chi connectivity index (χ4n) is 1.90. The van der Waals surface area contributed by atoms with Crippen LogP contribution in [0, 0.1) is 0 Å². The van der Waals surface area contributed by atoms with Gasteiger partial charge in [0.05, 0.1) is 10.3 Å². The van der Waals surface area contributed by atoms with Crippen LogP contribution in [0.25, 0.3) is 0 Å². The number of sulfone groups is 1. The topological polar surface area (TPSA) is 46.2 Å². The second kappa shape index (κ2) is 5.85. The van der Waals surface area contributed by atoms with Gasteiger partial charge < -0.3 is 5.32 Å². The van der Waals surface area contributed by atoms with Gasteiger partial charge in [0.15, 0.2) is 9.84 Å². The van der Waals surface area contributed by atoms with Crippen LogP contribution in [-0.4, -0.2) is 14.7 Å². The Kier molecular flexibility index (Phi) is 4.35. The third kappa shape index (κ3) is 3.52. The lowest BCUT2D eigenvalue weighted by Crippen LogP contribution is -1.99. The van der Waals surface area contributed by atoms with E-state index >= 15 is 0 Å². The van der Waals surface area contributed by atoms with Crippen molar-refractivity contribution in [2.24, 2.45) is 0 Å². The van der Waals surface area contributed by atoms with E-state index in [2.05, 4.69) is 5.32 Å². The van der Waals surface area contributed by atoms with Crippen molar-refractivity contribution in [2.75, 3.05) is 11.6 Å². The van der Waals surface area contributed by atoms with Crippen LogP contribution in [0.3, 0.4) is 0 Å². The van der Waals surface area contributed by atoms with Gasteiger partial charge in [0, 0.05) is 17.6 Å². The van der Waals surface area contributed by atoms with E-state index in [0.717, 1.165) is 16.9 Å². The molecule has 0 saturated carbocycles. The standard InChI is InChI=1S/C15H16ClNO2S/c1-11(16)14-5-3-4-6-15(14)17-12-7-9-13(10-8-12)20(2,18)19/h3-11,17H,1-2H3. The number of alkyl halides is 1. The zero-order valence-electron chi connectivity index (χ0n) is 11.3. The predicted molar refractivity (Wildman–Crippen MR) is 83.5 cm³/mol. The summed E-state index contributed by atoms with van der Waals surface area (Å²) in [5.74, 6) is 0. The van der Waals surface area contributed by atoms with Gasteiger partial charge in [0.1, 0.15) is 0 Å². The zero-order valence-corrected chi connectivity index (χ0v) is 12.9. The first-order valence-electron chi connectivity index (χ1n) is 6.18. The Hall–Kier alpha value is -1.52. The average molecular weight is 310 g/mol. The number of hydrogen-bond donors (Lipinski definition) is 1. The number of hydrogen-bond acceptors (Lipinski definition) is 3. The van der Waals surface area contributed by atoms with Crippen molar-refractivity contribution < 1.29 is 8.42 Å². The molecule has 5 heteroatoms. The number of nitrogens with one attached hydrogen (secondary N) is 1. The first-order valence-corrected chi connectivity index (χ1v) is 8.51. The molecule has 2 aromatic carbocycles. The molecule has 2 rings (SSSR count). The van der Waals surface area contributed by atoms with E-state index in [4.69, 9.17) is 11.6 Å². The van der Waals surface area contributed by atoms with E-state index in [0.29, 0.717) is 4.90 Å². The van der Waals surface area contributed by atoms with E-state index in [1.165, 1.54) is 6.26 Å². The highest BCUT2D eigenvalue weighted by molar-refractivity contribution is 7.90. The molecule has 1 atom stereocenters. The molecule has 0 fully saturated rings. The molecule has 0 bridgehead atoms. The highest BCUT2D eigenvalue weighted by atomic mass is 35.5. The highest BCUT2D eigenvalue weighted by Gasteiger charge is 2.09. The van der Waals surface area contributed by atoms with E-state index in [9.17, 15) is 8.42 Å². The normalized spacial score (nSPS) is 12.9. The Balaban J connectivity index is 2.27. The molecule has 0 aromatic heterocycles. The van der Waals surface area contributed by atoms with E-state index in [-0.39, 0.29) is 5.38 Å². The third-order valence-corrected chi connectivity index (χ3v) is 4.31. The maximum Gasteiger partial charge on any atom is 0.175 e. The van der Waals surface area contributed by atoms with Crippen molar-refractivity contribution in [2.45, 2.75) is 17.2 Å². The smallest absolute Gasteiger partial charge is 0.175 e. The SMILES string of the molecule is CC(Cl)c1ccccc1Nc1ccc(S(C)(=O)=O)cc1. The Morgan fingerprint density at radius 2 is 1.65 bits per heavy atom. The minimum atomic E-state index is -3.16. The average Bonchev–Trinajstić information content (AvgIpc) is 2.38. The molecule has 0 heterocycles. The Labute approximate surface area is 124 Å². The number of anilines is 2. The van der Waals surface area contributed by atoms with Gasteiger partial charge in [-0.05, 0) is 42.8 Å². The number of halogens is 1. The quantitative estimate of drug-likeness (QED) is 0.864. The molecule has 106 valence electrons. The van der Waals surface area contributed by atoms with Crippen molar-refractivity contribution in [1.29, 1.82) is 0 Å². The van der Waals surface area contributed by atoms with Crippen molar-refractivity contribution >= 4 is 32.8 Å². The minimum Gasteiger partial charge on any atom is -0.355 e. The van der Waals surface area contributed by atoms with Crippen molar-refractivity contribution in [3.8, 4) is 0 Å². The molecule has 1 unspecified atom stereocenters. The summed E-state index contributed by atoms with van der Waals surface area (Å²) < 4.78 is 22.8. The number of para-hydroxylation sites is 1. The largest absolute Gasteiger partial charge is 0.355 e. The molecule has 2 aromatic rings. The highest BCUT2D eigenvalue weighted by Crippen LogP contribution is 2.29. The van der Waals surface area contributed by atoms with Crippen LogP contribution < -0.4 is 5.32 Å². The Morgan fingerprint density at radius 3 is 2.20 bits per heavy atom. The lowest BCUT2D eigenvalue weighted by Gasteiger charge is -2.13. The van der Waals surface area contributed by atoms with Gasteiger partial charge in [-0.3, -0.25) is 0 Å². The molecule has 0 spiro atoms. The first-order chi connectivity index (χ1) is 9.38. The van der Waals surface area contributed by atoms with Gasteiger partial charge in [0.2, 0.25) is 0 Å². The minimum absolute atomic E-state index is 0.103. The monoisotopic (exact) mass is 309 g/mol. The fourth-order valence-corrected chi connectivity index (χ4v) is 2.72. The predicted octanol–water partition coefficient (Wildman–Crippen LogP) is 4.13. The molecule has 0 aliphatic rings. The lowest BCUT2D eigenvalue weighted by molar-refractivity contribution is 0.602. The summed E-state index contributed by atoms with van der Waals surface area (Å²) in [6.07, 6.45) is 1.19. The van der Waals surface area contributed by atoms with Crippen LogP contribution in [0.1, 0.15) is 17.9 Å². The van der Waals surface area contributed by atoms with Gasteiger partial charge in [-0.15, -0.1) is 11.6 Å². The molecule has 20 heavy (non-hydrogen) atoms. The molecular formula is C15H16ClNO2S. The summed E-state index contributed by atoms with van der Waals surface area (Å²) in [6, 6.07) is 14.4. The summed E-state index contributed by atoms with van der Waals surface area (Å²) in [7, 11) is -3.16. The molecule has 0 amide bonds. The Morgan fingerprint density at radius 1 is 1.05 bits per heavy atom. The van der Waals surface area contributed by atoms with Crippen molar-refractivity contribution in [3.63, 3.8) is 0 Å². The lowest BCUT2D eigenvalue weighted by atomic mass is 10.1.